The van der Waals surface area contributed by atoms with Gasteiger partial charge in [-0.05, 0) is 6.42 Å². The Morgan fingerprint density at radius 3 is 2.91 bits per heavy atom. The first-order valence-corrected chi connectivity index (χ1v) is 3.36. The minimum absolute atomic E-state index is 0.346. The fourth-order valence-electron chi connectivity index (χ4n) is 0.836. The molecule has 0 aliphatic heterocycles. The van der Waals surface area contributed by atoms with Crippen molar-refractivity contribution in [2.24, 2.45) is 0 Å². The van der Waals surface area contributed by atoms with Crippen LogP contribution in [0.1, 0.15) is 6.42 Å². The zero-order valence-corrected chi connectivity index (χ0v) is 5.99. The van der Waals surface area contributed by atoms with Gasteiger partial charge in [0.15, 0.2) is 6.29 Å². The molecule has 0 unspecified atom stereocenters. The number of aldehydes is 1. The Morgan fingerprint density at radius 2 is 2.18 bits per heavy atom. The number of carbonyl (C=O) groups excluding carboxylic acids is 2. The van der Waals surface area contributed by atoms with Crippen LogP contribution in [0.25, 0.3) is 0 Å². The van der Waals surface area contributed by atoms with E-state index in [0.29, 0.717) is 18.3 Å². The highest BCUT2D eigenvalue weighted by atomic mass is 16.2. The van der Waals surface area contributed by atoms with E-state index in [1.165, 1.54) is 0 Å². The van der Waals surface area contributed by atoms with Crippen LogP contribution in [0.5, 0.6) is 0 Å². The van der Waals surface area contributed by atoms with Gasteiger partial charge in [0.2, 0.25) is 5.78 Å². The molecule has 1 aliphatic carbocycles. The highest BCUT2D eigenvalue weighted by Gasteiger charge is 2.05. The van der Waals surface area contributed by atoms with Crippen LogP contribution >= 0.6 is 0 Å². The quantitative estimate of drug-likeness (QED) is 0.435. The normalized spacial score (nSPS) is 15.5. The van der Waals surface area contributed by atoms with Crippen molar-refractivity contribution < 1.29 is 9.59 Å². The zero-order chi connectivity index (χ0) is 8.10. The lowest BCUT2D eigenvalue weighted by Crippen LogP contribution is -2.01. The molecule has 0 amide bonds. The monoisotopic (exact) mass is 148 g/mol. The Balaban J connectivity index is 2.79. The number of carbonyl (C=O) groups is 2. The van der Waals surface area contributed by atoms with Gasteiger partial charge in [-0.25, -0.2) is 0 Å². The van der Waals surface area contributed by atoms with Crippen molar-refractivity contribution in [3.05, 3.63) is 36.0 Å². The van der Waals surface area contributed by atoms with Gasteiger partial charge in [0.05, 0.1) is 0 Å². The van der Waals surface area contributed by atoms with Gasteiger partial charge in [-0.15, -0.1) is 0 Å². The van der Waals surface area contributed by atoms with E-state index in [0.717, 1.165) is 0 Å². The molecular weight excluding hydrogens is 140 g/mol. The molecule has 0 heterocycles. The second-order valence-corrected chi connectivity index (χ2v) is 2.19. The molecule has 0 atom stereocenters. The van der Waals surface area contributed by atoms with Crippen molar-refractivity contribution in [2.45, 2.75) is 6.42 Å². The van der Waals surface area contributed by atoms with E-state index in [9.17, 15) is 9.59 Å². The molecule has 56 valence electrons. The van der Waals surface area contributed by atoms with E-state index in [2.05, 4.69) is 0 Å². The fraction of sp³-hybridized carbons (Fsp3) is 0.111. The minimum atomic E-state index is -0.429. The topological polar surface area (TPSA) is 34.1 Å². The molecule has 0 radical (unpaired) electrons. The molecule has 0 aromatic rings. The molecule has 0 fully saturated rings. The summed E-state index contributed by atoms with van der Waals surface area (Å²) in [7, 11) is 0. The molecule has 0 N–H and O–H groups in total. The highest BCUT2D eigenvalue weighted by molar-refractivity contribution is 6.33. The average Bonchev–Trinajstić information content (AvgIpc) is 2.30. The number of Topliss-reactive ketones (excluding diaryl/α,β-unsaturated/α-hetero) is 1. The summed E-state index contributed by atoms with van der Waals surface area (Å²) in [6.07, 6.45) is 9.82. The van der Waals surface area contributed by atoms with Crippen LogP contribution in [0.15, 0.2) is 36.0 Å². The molecule has 2 nitrogen and oxygen atoms in total. The van der Waals surface area contributed by atoms with Crippen molar-refractivity contribution in [1.82, 2.24) is 0 Å². The second-order valence-electron chi connectivity index (χ2n) is 2.19. The summed E-state index contributed by atoms with van der Waals surface area (Å²) in [6.45, 7) is 0. The first-order valence-electron chi connectivity index (χ1n) is 3.36. The van der Waals surface area contributed by atoms with Gasteiger partial charge >= 0.3 is 0 Å². The van der Waals surface area contributed by atoms with Gasteiger partial charge in [-0.1, -0.05) is 30.4 Å². The summed E-state index contributed by atoms with van der Waals surface area (Å²) in [5.41, 5.74) is 0.546. The van der Waals surface area contributed by atoms with Crippen molar-refractivity contribution >= 4 is 12.1 Å². The summed E-state index contributed by atoms with van der Waals surface area (Å²) in [4.78, 5) is 20.9. The average molecular weight is 148 g/mol. The van der Waals surface area contributed by atoms with E-state index in [4.69, 9.17) is 0 Å². The smallest absolute Gasteiger partial charge is 0.221 e. The standard InChI is InChI=1S/C9H8O2/c10-7-9(11)8-5-3-1-2-4-6-8/h1-5,7H,6H2. The maximum Gasteiger partial charge on any atom is 0.221 e. The number of ketones is 1. The molecule has 2 heteroatoms. The fourth-order valence-corrected chi connectivity index (χ4v) is 0.836. The van der Waals surface area contributed by atoms with Gasteiger partial charge in [-0.2, -0.15) is 0 Å². The summed E-state index contributed by atoms with van der Waals surface area (Å²) in [6, 6.07) is 0. The lowest BCUT2D eigenvalue weighted by Gasteiger charge is -1.92. The maximum absolute atomic E-state index is 10.8. The Hall–Kier alpha value is -1.44. The van der Waals surface area contributed by atoms with E-state index < -0.39 is 5.78 Å². The van der Waals surface area contributed by atoms with Gasteiger partial charge in [0, 0.05) is 5.57 Å². The van der Waals surface area contributed by atoms with Crippen LogP contribution in [-0.4, -0.2) is 12.1 Å². The van der Waals surface area contributed by atoms with Crippen molar-refractivity contribution in [3.63, 3.8) is 0 Å². The Labute approximate surface area is 64.9 Å². The minimum Gasteiger partial charge on any atom is -0.294 e. The number of hydrogen-bond acceptors (Lipinski definition) is 2. The van der Waals surface area contributed by atoms with Crippen LogP contribution in [0.3, 0.4) is 0 Å². The Kier molecular flexibility index (Phi) is 2.55. The van der Waals surface area contributed by atoms with E-state index >= 15 is 0 Å². The van der Waals surface area contributed by atoms with Gasteiger partial charge in [0.25, 0.3) is 0 Å². The van der Waals surface area contributed by atoms with Crippen LogP contribution < -0.4 is 0 Å². The number of allylic oxidation sites excluding steroid dienone is 6. The Bertz CT molecular complexity index is 257. The van der Waals surface area contributed by atoms with Crippen LogP contribution in [0, 0.1) is 0 Å². The third kappa shape index (κ3) is 2.00. The maximum atomic E-state index is 10.8. The SMILES string of the molecule is O=CC(=O)C1=CC=CC=CC1. The van der Waals surface area contributed by atoms with Crippen molar-refractivity contribution in [3.8, 4) is 0 Å². The van der Waals surface area contributed by atoms with E-state index in [1.54, 1.807) is 12.2 Å². The molecule has 1 aliphatic rings. The number of hydrogen-bond donors (Lipinski definition) is 0. The van der Waals surface area contributed by atoms with E-state index in [-0.39, 0.29) is 0 Å². The van der Waals surface area contributed by atoms with Gasteiger partial charge in [0.1, 0.15) is 0 Å². The highest BCUT2D eigenvalue weighted by Crippen LogP contribution is 2.06. The molecular formula is C9H8O2. The first kappa shape index (κ1) is 7.66. The van der Waals surface area contributed by atoms with Crippen LogP contribution in [0.4, 0.5) is 0 Å². The molecule has 0 saturated carbocycles. The molecule has 0 saturated heterocycles. The van der Waals surface area contributed by atoms with Crippen molar-refractivity contribution in [2.75, 3.05) is 0 Å². The number of rotatable bonds is 2. The Morgan fingerprint density at radius 1 is 1.36 bits per heavy atom. The summed E-state index contributed by atoms with van der Waals surface area (Å²) < 4.78 is 0. The van der Waals surface area contributed by atoms with E-state index in [1.807, 2.05) is 18.2 Å². The molecule has 0 spiro atoms. The molecule has 11 heavy (non-hydrogen) atoms. The van der Waals surface area contributed by atoms with Crippen LogP contribution in [0.2, 0.25) is 0 Å². The third-order valence-corrected chi connectivity index (χ3v) is 1.42. The zero-order valence-electron chi connectivity index (χ0n) is 5.99. The summed E-state index contributed by atoms with van der Waals surface area (Å²) in [5, 5.41) is 0. The molecule has 1 rings (SSSR count). The largest absolute Gasteiger partial charge is 0.294 e. The lowest BCUT2D eigenvalue weighted by atomic mass is 10.1. The van der Waals surface area contributed by atoms with Crippen molar-refractivity contribution in [1.29, 1.82) is 0 Å². The van der Waals surface area contributed by atoms with Gasteiger partial charge < -0.3 is 0 Å². The van der Waals surface area contributed by atoms with Crippen LogP contribution in [-0.2, 0) is 9.59 Å². The summed E-state index contributed by atoms with van der Waals surface area (Å²) in [5.74, 6) is -0.429. The summed E-state index contributed by atoms with van der Waals surface area (Å²) >= 11 is 0. The molecule has 0 aromatic carbocycles. The predicted octanol–water partition coefficient (Wildman–Crippen LogP) is 1.20. The second kappa shape index (κ2) is 3.66. The van der Waals surface area contributed by atoms with Gasteiger partial charge in [-0.3, -0.25) is 9.59 Å². The molecule has 0 aromatic heterocycles. The molecule has 0 bridgehead atoms. The third-order valence-electron chi connectivity index (χ3n) is 1.42. The predicted molar refractivity (Wildman–Crippen MR) is 42.1 cm³/mol. The first-order chi connectivity index (χ1) is 5.34. The lowest BCUT2D eigenvalue weighted by molar-refractivity contribution is -0.127.